The van der Waals surface area contributed by atoms with Gasteiger partial charge in [-0.15, -0.1) is 0 Å². The third-order valence-electron chi connectivity index (χ3n) is 3.04. The number of nitrogens with one attached hydrogen (secondary N) is 1. The fraction of sp³-hybridized carbons (Fsp3) is 0.294. The molecule has 3 nitrogen and oxygen atoms in total. The van der Waals surface area contributed by atoms with Crippen molar-refractivity contribution in [1.29, 1.82) is 0 Å². The van der Waals surface area contributed by atoms with Gasteiger partial charge in [0.2, 0.25) is 0 Å². The van der Waals surface area contributed by atoms with Crippen LogP contribution in [0.25, 0.3) is 0 Å². The lowest BCUT2D eigenvalue weighted by molar-refractivity contribution is 0.0287. The second kappa shape index (κ2) is 8.95. The molecule has 1 unspecified atom stereocenters. The zero-order chi connectivity index (χ0) is 14.9. The van der Waals surface area contributed by atoms with Gasteiger partial charge in [-0.05, 0) is 23.3 Å². The zero-order valence-electron chi connectivity index (χ0n) is 11.8. The Labute approximate surface area is 134 Å². The average Bonchev–Trinajstić information content (AvgIpc) is 2.50. The van der Waals surface area contributed by atoms with Gasteiger partial charge in [0.25, 0.3) is 0 Å². The Morgan fingerprint density at radius 2 is 1.71 bits per heavy atom. The maximum atomic E-state index is 9.85. The highest BCUT2D eigenvalue weighted by Gasteiger charge is 2.04. The fourth-order valence-electron chi connectivity index (χ4n) is 1.93. The van der Waals surface area contributed by atoms with Gasteiger partial charge in [0.15, 0.2) is 0 Å². The number of hydrogen-bond donors (Lipinski definition) is 2. The smallest absolute Gasteiger partial charge is 0.0897 e. The second-order valence-corrected chi connectivity index (χ2v) is 5.83. The van der Waals surface area contributed by atoms with Gasteiger partial charge < -0.3 is 15.2 Å². The molecule has 0 saturated carbocycles. The summed E-state index contributed by atoms with van der Waals surface area (Å²) in [6, 6.07) is 18.1. The monoisotopic (exact) mass is 349 g/mol. The van der Waals surface area contributed by atoms with Crippen molar-refractivity contribution in [3.05, 3.63) is 70.2 Å². The molecule has 1 atom stereocenters. The first-order chi connectivity index (χ1) is 10.2. The Balaban J connectivity index is 1.59. The first-order valence-corrected chi connectivity index (χ1v) is 7.78. The molecular weight excluding hydrogens is 330 g/mol. The zero-order valence-corrected chi connectivity index (χ0v) is 13.4. The number of halogens is 1. The summed E-state index contributed by atoms with van der Waals surface area (Å²) in [6.45, 7) is 2.13. The molecule has 112 valence electrons. The molecule has 2 aromatic carbocycles. The van der Waals surface area contributed by atoms with Gasteiger partial charge in [-0.25, -0.2) is 0 Å². The molecule has 0 heterocycles. The van der Waals surface area contributed by atoms with Crippen molar-refractivity contribution in [2.75, 3.05) is 13.2 Å². The lowest BCUT2D eigenvalue weighted by Gasteiger charge is -2.12. The van der Waals surface area contributed by atoms with Crippen LogP contribution in [-0.4, -0.2) is 24.4 Å². The van der Waals surface area contributed by atoms with E-state index in [2.05, 4.69) is 33.4 Å². The van der Waals surface area contributed by atoms with Gasteiger partial charge in [-0.2, -0.15) is 0 Å². The molecule has 0 aliphatic rings. The Hall–Kier alpha value is -1.20. The Kier molecular flexibility index (Phi) is 6.89. The summed E-state index contributed by atoms with van der Waals surface area (Å²) in [5.41, 5.74) is 2.31. The van der Waals surface area contributed by atoms with Crippen LogP contribution in [0.15, 0.2) is 59.1 Å². The highest BCUT2D eigenvalue weighted by atomic mass is 79.9. The van der Waals surface area contributed by atoms with Crippen molar-refractivity contribution < 1.29 is 9.84 Å². The predicted molar refractivity (Wildman–Crippen MR) is 88.0 cm³/mol. The summed E-state index contributed by atoms with van der Waals surface area (Å²) in [6.07, 6.45) is -0.496. The van der Waals surface area contributed by atoms with Gasteiger partial charge in [0.05, 0.1) is 19.3 Å². The molecule has 0 spiro atoms. The minimum Gasteiger partial charge on any atom is -0.389 e. The van der Waals surface area contributed by atoms with E-state index in [0.29, 0.717) is 19.8 Å². The first-order valence-electron chi connectivity index (χ1n) is 6.99. The Morgan fingerprint density at radius 1 is 1.00 bits per heavy atom. The summed E-state index contributed by atoms with van der Waals surface area (Å²) >= 11 is 3.41. The molecule has 21 heavy (non-hydrogen) atoms. The molecule has 0 saturated heterocycles. The van der Waals surface area contributed by atoms with Gasteiger partial charge in [0, 0.05) is 17.6 Å². The summed E-state index contributed by atoms with van der Waals surface area (Å²) < 4.78 is 6.57. The van der Waals surface area contributed by atoms with Crippen molar-refractivity contribution in [1.82, 2.24) is 5.32 Å². The molecule has 0 radical (unpaired) electrons. The SMILES string of the molecule is OC(CNCc1ccc(Br)cc1)COCc1ccccc1. The Morgan fingerprint density at radius 3 is 2.43 bits per heavy atom. The fourth-order valence-corrected chi connectivity index (χ4v) is 2.20. The van der Waals surface area contributed by atoms with Gasteiger partial charge in [-0.1, -0.05) is 58.4 Å². The average molecular weight is 350 g/mol. The van der Waals surface area contributed by atoms with Crippen LogP contribution in [0.1, 0.15) is 11.1 Å². The van der Waals surface area contributed by atoms with E-state index in [4.69, 9.17) is 4.74 Å². The van der Waals surface area contributed by atoms with Crippen molar-refractivity contribution >= 4 is 15.9 Å². The number of ether oxygens (including phenoxy) is 1. The molecule has 2 rings (SSSR count). The van der Waals surface area contributed by atoms with E-state index in [9.17, 15) is 5.11 Å². The van der Waals surface area contributed by atoms with Crippen molar-refractivity contribution in [2.45, 2.75) is 19.3 Å². The standard InChI is InChI=1S/C17H20BrNO2/c18-16-8-6-14(7-9-16)10-19-11-17(20)13-21-12-15-4-2-1-3-5-15/h1-9,17,19-20H,10-13H2. The number of aliphatic hydroxyl groups excluding tert-OH is 1. The van der Waals surface area contributed by atoms with Crippen LogP contribution < -0.4 is 5.32 Å². The van der Waals surface area contributed by atoms with Gasteiger partial charge in [-0.3, -0.25) is 0 Å². The van der Waals surface area contributed by atoms with E-state index in [-0.39, 0.29) is 0 Å². The van der Waals surface area contributed by atoms with Crippen LogP contribution in [0.4, 0.5) is 0 Å². The normalized spacial score (nSPS) is 12.3. The summed E-state index contributed by atoms with van der Waals surface area (Å²) in [5, 5.41) is 13.1. The number of rotatable bonds is 8. The molecule has 0 amide bonds. The molecule has 4 heteroatoms. The van der Waals surface area contributed by atoms with Crippen LogP contribution in [-0.2, 0) is 17.9 Å². The minimum absolute atomic E-state index is 0.336. The van der Waals surface area contributed by atoms with Gasteiger partial charge >= 0.3 is 0 Å². The highest BCUT2D eigenvalue weighted by molar-refractivity contribution is 9.10. The van der Waals surface area contributed by atoms with Crippen molar-refractivity contribution in [3.8, 4) is 0 Å². The molecule has 2 aromatic rings. The molecule has 0 fully saturated rings. The first kappa shape index (κ1) is 16.2. The van der Waals surface area contributed by atoms with Crippen LogP contribution in [0.5, 0.6) is 0 Å². The molecular formula is C17H20BrNO2. The molecule has 0 aliphatic heterocycles. The number of aliphatic hydroxyl groups is 1. The topological polar surface area (TPSA) is 41.5 Å². The van der Waals surface area contributed by atoms with Gasteiger partial charge in [0.1, 0.15) is 0 Å². The minimum atomic E-state index is -0.496. The maximum Gasteiger partial charge on any atom is 0.0897 e. The third-order valence-corrected chi connectivity index (χ3v) is 3.57. The van der Waals surface area contributed by atoms with E-state index >= 15 is 0 Å². The van der Waals surface area contributed by atoms with Crippen molar-refractivity contribution in [2.24, 2.45) is 0 Å². The number of hydrogen-bond acceptors (Lipinski definition) is 3. The van der Waals surface area contributed by atoms with Crippen molar-refractivity contribution in [3.63, 3.8) is 0 Å². The summed E-state index contributed by atoms with van der Waals surface area (Å²) in [5.74, 6) is 0. The van der Waals surface area contributed by atoms with E-state index in [1.165, 1.54) is 5.56 Å². The molecule has 0 aliphatic carbocycles. The molecule has 0 bridgehead atoms. The van der Waals surface area contributed by atoms with E-state index in [1.54, 1.807) is 0 Å². The largest absolute Gasteiger partial charge is 0.389 e. The lowest BCUT2D eigenvalue weighted by Crippen LogP contribution is -2.30. The quantitative estimate of drug-likeness (QED) is 0.769. The third kappa shape index (κ3) is 6.40. The van der Waals surface area contributed by atoms with Crippen LogP contribution >= 0.6 is 15.9 Å². The predicted octanol–water partition coefficient (Wildman–Crippen LogP) is 3.12. The van der Waals surface area contributed by atoms with E-state index in [1.807, 2.05) is 42.5 Å². The second-order valence-electron chi connectivity index (χ2n) is 4.91. The lowest BCUT2D eigenvalue weighted by atomic mass is 10.2. The van der Waals surface area contributed by atoms with E-state index in [0.717, 1.165) is 16.6 Å². The summed E-state index contributed by atoms with van der Waals surface area (Å²) in [4.78, 5) is 0. The van der Waals surface area contributed by atoms with E-state index < -0.39 is 6.10 Å². The maximum absolute atomic E-state index is 9.85. The summed E-state index contributed by atoms with van der Waals surface area (Å²) in [7, 11) is 0. The highest BCUT2D eigenvalue weighted by Crippen LogP contribution is 2.10. The molecule has 2 N–H and O–H groups in total. The van der Waals surface area contributed by atoms with Crippen LogP contribution in [0, 0.1) is 0 Å². The van der Waals surface area contributed by atoms with Crippen LogP contribution in [0.2, 0.25) is 0 Å². The number of benzene rings is 2. The Bertz CT molecular complexity index is 516. The molecule has 0 aromatic heterocycles. The van der Waals surface area contributed by atoms with Crippen LogP contribution in [0.3, 0.4) is 0 Å².